The molecular weight excluding hydrogens is 194 g/mol. The second-order valence-corrected chi connectivity index (χ2v) is 5.61. The summed E-state index contributed by atoms with van der Waals surface area (Å²) in [5, 5.41) is 3.76. The Morgan fingerprint density at radius 2 is 1.88 bits per heavy atom. The lowest BCUT2D eigenvalue weighted by atomic mass is 9.94. The monoisotopic (exact) mass is 215 g/mol. The lowest BCUT2D eigenvalue weighted by molar-refractivity contribution is 0.466. The van der Waals surface area contributed by atoms with Crippen LogP contribution in [0, 0.1) is 19.8 Å². The molecule has 1 fully saturated rings. The molecule has 1 nitrogen and oxygen atoms in total. The van der Waals surface area contributed by atoms with Crippen molar-refractivity contribution in [1.82, 2.24) is 0 Å². The Hall–Kier alpha value is -0.980. The lowest BCUT2D eigenvalue weighted by Crippen LogP contribution is -2.24. The largest absolute Gasteiger partial charge is 0.381 e. The third-order valence-electron chi connectivity index (χ3n) is 4.35. The number of hydrogen-bond acceptors (Lipinski definition) is 1. The van der Waals surface area contributed by atoms with Crippen molar-refractivity contribution in [3.63, 3.8) is 0 Å². The second kappa shape index (κ2) is 3.80. The molecule has 1 unspecified atom stereocenters. The summed E-state index contributed by atoms with van der Waals surface area (Å²) in [6.07, 6.45) is 7.01. The van der Waals surface area contributed by atoms with Crippen molar-refractivity contribution >= 4 is 5.69 Å². The van der Waals surface area contributed by atoms with Crippen LogP contribution in [0.4, 0.5) is 5.69 Å². The average molecular weight is 215 g/mol. The zero-order valence-corrected chi connectivity index (χ0v) is 10.3. The van der Waals surface area contributed by atoms with Crippen LogP contribution in [0.5, 0.6) is 0 Å². The SMILES string of the molecule is Cc1cc(C)c2c(c1)NC(C1CCCC1)C2. The second-order valence-electron chi connectivity index (χ2n) is 5.61. The first-order valence-electron chi connectivity index (χ1n) is 6.61. The lowest BCUT2D eigenvalue weighted by Gasteiger charge is -2.18. The normalized spacial score (nSPS) is 24.5. The van der Waals surface area contributed by atoms with Crippen LogP contribution >= 0.6 is 0 Å². The topological polar surface area (TPSA) is 12.0 Å². The fourth-order valence-electron chi connectivity index (χ4n) is 3.51. The zero-order valence-electron chi connectivity index (χ0n) is 10.3. The predicted molar refractivity (Wildman–Crippen MR) is 69.0 cm³/mol. The highest BCUT2D eigenvalue weighted by molar-refractivity contribution is 5.61. The van der Waals surface area contributed by atoms with Crippen LogP contribution in [0.2, 0.25) is 0 Å². The summed E-state index contributed by atoms with van der Waals surface area (Å²) in [5.41, 5.74) is 5.84. The minimum absolute atomic E-state index is 0.720. The molecule has 0 bridgehead atoms. The number of fused-ring (bicyclic) bond motifs is 1. The standard InChI is InChI=1S/C15H21N/c1-10-7-11(2)13-9-14(16-15(13)8-10)12-5-3-4-6-12/h7-8,12,14,16H,3-6,9H2,1-2H3. The van der Waals surface area contributed by atoms with Gasteiger partial charge in [-0.3, -0.25) is 0 Å². The van der Waals surface area contributed by atoms with Crippen LogP contribution in [0.25, 0.3) is 0 Å². The van der Waals surface area contributed by atoms with E-state index in [0.717, 1.165) is 12.0 Å². The Morgan fingerprint density at radius 3 is 2.62 bits per heavy atom. The number of hydrogen-bond donors (Lipinski definition) is 1. The average Bonchev–Trinajstić information content (AvgIpc) is 2.82. The highest BCUT2D eigenvalue weighted by atomic mass is 15.0. The molecule has 1 aromatic carbocycles. The summed E-state index contributed by atoms with van der Waals surface area (Å²) in [5.74, 6) is 0.923. The van der Waals surface area contributed by atoms with Gasteiger partial charge < -0.3 is 5.32 Å². The van der Waals surface area contributed by atoms with Gasteiger partial charge >= 0.3 is 0 Å². The van der Waals surface area contributed by atoms with Gasteiger partial charge in [0.1, 0.15) is 0 Å². The highest BCUT2D eigenvalue weighted by Crippen LogP contribution is 2.37. The van der Waals surface area contributed by atoms with E-state index >= 15 is 0 Å². The third-order valence-corrected chi connectivity index (χ3v) is 4.35. The molecule has 1 heterocycles. The molecule has 3 rings (SSSR count). The number of benzene rings is 1. The van der Waals surface area contributed by atoms with Gasteiger partial charge in [0.05, 0.1) is 0 Å². The van der Waals surface area contributed by atoms with E-state index in [4.69, 9.17) is 0 Å². The van der Waals surface area contributed by atoms with E-state index in [1.54, 1.807) is 5.56 Å². The fraction of sp³-hybridized carbons (Fsp3) is 0.600. The molecule has 1 heteroatoms. The van der Waals surface area contributed by atoms with E-state index in [1.807, 2.05) is 0 Å². The van der Waals surface area contributed by atoms with Gasteiger partial charge in [-0.15, -0.1) is 0 Å². The molecule has 1 saturated carbocycles. The molecule has 1 aliphatic heterocycles. The van der Waals surface area contributed by atoms with Crippen LogP contribution in [0.3, 0.4) is 0 Å². The molecule has 0 radical (unpaired) electrons. The number of aryl methyl sites for hydroxylation is 2. The van der Waals surface area contributed by atoms with Gasteiger partial charge in [-0.05, 0) is 61.8 Å². The van der Waals surface area contributed by atoms with Crippen molar-refractivity contribution in [1.29, 1.82) is 0 Å². The molecular formula is C15H21N. The quantitative estimate of drug-likeness (QED) is 0.750. The summed E-state index contributed by atoms with van der Waals surface area (Å²) >= 11 is 0. The maximum atomic E-state index is 3.76. The van der Waals surface area contributed by atoms with Crippen molar-refractivity contribution in [2.24, 2.45) is 5.92 Å². The van der Waals surface area contributed by atoms with E-state index in [0.29, 0.717) is 0 Å². The van der Waals surface area contributed by atoms with Crippen molar-refractivity contribution < 1.29 is 0 Å². The van der Waals surface area contributed by atoms with E-state index < -0.39 is 0 Å². The minimum Gasteiger partial charge on any atom is -0.381 e. The van der Waals surface area contributed by atoms with Crippen LogP contribution < -0.4 is 5.32 Å². The molecule has 0 aromatic heterocycles. The Labute approximate surface area is 98.3 Å². The predicted octanol–water partition coefficient (Wildman–Crippen LogP) is 3.83. The Morgan fingerprint density at radius 1 is 1.12 bits per heavy atom. The summed E-state index contributed by atoms with van der Waals surface area (Å²) in [4.78, 5) is 0. The first-order chi connectivity index (χ1) is 7.74. The Bertz CT molecular complexity index is 402. The van der Waals surface area contributed by atoms with E-state index in [-0.39, 0.29) is 0 Å². The smallest absolute Gasteiger partial charge is 0.0381 e. The molecule has 86 valence electrons. The van der Waals surface area contributed by atoms with Gasteiger partial charge in [-0.2, -0.15) is 0 Å². The van der Waals surface area contributed by atoms with Gasteiger partial charge in [-0.1, -0.05) is 18.9 Å². The molecule has 1 atom stereocenters. The van der Waals surface area contributed by atoms with Crippen molar-refractivity contribution in [3.05, 3.63) is 28.8 Å². The minimum atomic E-state index is 0.720. The zero-order chi connectivity index (χ0) is 11.1. The van der Waals surface area contributed by atoms with Crippen LogP contribution in [-0.4, -0.2) is 6.04 Å². The summed E-state index contributed by atoms with van der Waals surface area (Å²) in [6.45, 7) is 4.45. The Balaban J connectivity index is 1.85. The Kier molecular flexibility index (Phi) is 2.42. The van der Waals surface area contributed by atoms with Gasteiger partial charge in [0.25, 0.3) is 0 Å². The van der Waals surface area contributed by atoms with Crippen molar-refractivity contribution in [3.8, 4) is 0 Å². The molecule has 0 spiro atoms. The maximum absolute atomic E-state index is 3.76. The highest BCUT2D eigenvalue weighted by Gasteiger charge is 2.30. The van der Waals surface area contributed by atoms with E-state index in [2.05, 4.69) is 31.3 Å². The van der Waals surface area contributed by atoms with Gasteiger partial charge in [0, 0.05) is 11.7 Å². The van der Waals surface area contributed by atoms with Crippen LogP contribution in [0.15, 0.2) is 12.1 Å². The van der Waals surface area contributed by atoms with Crippen molar-refractivity contribution in [2.45, 2.75) is 52.0 Å². The van der Waals surface area contributed by atoms with Gasteiger partial charge in [0.2, 0.25) is 0 Å². The number of anilines is 1. The molecule has 0 amide bonds. The van der Waals surface area contributed by atoms with Gasteiger partial charge in [0.15, 0.2) is 0 Å². The van der Waals surface area contributed by atoms with Crippen LogP contribution in [-0.2, 0) is 6.42 Å². The molecule has 1 aromatic rings. The molecule has 16 heavy (non-hydrogen) atoms. The first-order valence-corrected chi connectivity index (χ1v) is 6.61. The van der Waals surface area contributed by atoms with Gasteiger partial charge in [-0.25, -0.2) is 0 Å². The molecule has 0 saturated heterocycles. The molecule has 2 aliphatic rings. The summed E-state index contributed by atoms with van der Waals surface area (Å²) in [7, 11) is 0. The summed E-state index contributed by atoms with van der Waals surface area (Å²) < 4.78 is 0. The summed E-state index contributed by atoms with van der Waals surface area (Å²) in [6, 6.07) is 5.35. The fourth-order valence-corrected chi connectivity index (χ4v) is 3.51. The first kappa shape index (κ1) is 10.2. The molecule has 1 aliphatic carbocycles. The third kappa shape index (κ3) is 1.63. The molecule has 1 N–H and O–H groups in total. The van der Waals surface area contributed by atoms with Crippen molar-refractivity contribution in [2.75, 3.05) is 5.32 Å². The van der Waals surface area contributed by atoms with Crippen LogP contribution in [0.1, 0.15) is 42.4 Å². The number of rotatable bonds is 1. The van der Waals surface area contributed by atoms with E-state index in [1.165, 1.54) is 48.9 Å². The number of nitrogens with one attached hydrogen (secondary N) is 1. The van der Waals surface area contributed by atoms with E-state index in [9.17, 15) is 0 Å². The maximum Gasteiger partial charge on any atom is 0.0381 e.